The SMILES string of the molecule is CCOC(=O)/C=C1\C[C@@H](C(=O)OCC)Oc2c(OC)cccc21. The van der Waals surface area contributed by atoms with Gasteiger partial charge in [-0.3, -0.25) is 0 Å². The van der Waals surface area contributed by atoms with E-state index in [1.165, 1.54) is 13.2 Å². The standard InChI is InChI=1S/C17H20O6/c1-4-21-15(18)10-11-9-14(17(19)22-5-2)23-16-12(11)7-6-8-13(16)20-3/h6-8,10,14H,4-5,9H2,1-3H3/b11-10+/t14-/m0/s1. The summed E-state index contributed by atoms with van der Waals surface area (Å²) in [5.74, 6) is -0.0132. The monoisotopic (exact) mass is 320 g/mol. The average Bonchev–Trinajstić information content (AvgIpc) is 2.54. The van der Waals surface area contributed by atoms with Gasteiger partial charge >= 0.3 is 11.9 Å². The average molecular weight is 320 g/mol. The van der Waals surface area contributed by atoms with Gasteiger partial charge in [-0.25, -0.2) is 9.59 Å². The molecule has 0 aromatic heterocycles. The highest BCUT2D eigenvalue weighted by Gasteiger charge is 2.32. The van der Waals surface area contributed by atoms with Crippen LogP contribution in [0, 0.1) is 0 Å². The van der Waals surface area contributed by atoms with Gasteiger partial charge in [-0.2, -0.15) is 0 Å². The summed E-state index contributed by atoms with van der Waals surface area (Å²) in [5.41, 5.74) is 1.36. The van der Waals surface area contributed by atoms with E-state index in [2.05, 4.69) is 0 Å². The van der Waals surface area contributed by atoms with Crippen molar-refractivity contribution >= 4 is 17.5 Å². The summed E-state index contributed by atoms with van der Waals surface area (Å²) >= 11 is 0. The van der Waals surface area contributed by atoms with Crippen molar-refractivity contribution in [2.45, 2.75) is 26.4 Å². The lowest BCUT2D eigenvalue weighted by Crippen LogP contribution is -2.32. The number of carbonyl (C=O) groups is 2. The van der Waals surface area contributed by atoms with Gasteiger partial charge in [0.25, 0.3) is 0 Å². The first-order valence-electron chi connectivity index (χ1n) is 7.48. The van der Waals surface area contributed by atoms with Gasteiger partial charge < -0.3 is 18.9 Å². The molecule has 0 saturated heterocycles. The highest BCUT2D eigenvalue weighted by atomic mass is 16.6. The van der Waals surface area contributed by atoms with E-state index < -0.39 is 18.0 Å². The number of esters is 2. The smallest absolute Gasteiger partial charge is 0.347 e. The number of benzene rings is 1. The molecule has 0 unspecified atom stereocenters. The van der Waals surface area contributed by atoms with Crippen LogP contribution in [0.1, 0.15) is 25.8 Å². The third-order valence-electron chi connectivity index (χ3n) is 3.34. The fourth-order valence-corrected chi connectivity index (χ4v) is 2.37. The van der Waals surface area contributed by atoms with Gasteiger partial charge in [0.2, 0.25) is 0 Å². The molecule has 1 aromatic carbocycles. The van der Waals surface area contributed by atoms with Crippen LogP contribution in [0.2, 0.25) is 0 Å². The van der Waals surface area contributed by atoms with Gasteiger partial charge in [0.05, 0.1) is 20.3 Å². The van der Waals surface area contributed by atoms with Crippen molar-refractivity contribution in [2.24, 2.45) is 0 Å². The van der Waals surface area contributed by atoms with Crippen LogP contribution in [-0.4, -0.2) is 38.4 Å². The molecule has 1 heterocycles. The molecule has 1 aliphatic rings. The molecule has 0 fully saturated rings. The van der Waals surface area contributed by atoms with Crippen LogP contribution in [0.15, 0.2) is 24.3 Å². The molecule has 1 aromatic rings. The van der Waals surface area contributed by atoms with Crippen LogP contribution < -0.4 is 9.47 Å². The van der Waals surface area contributed by atoms with Crippen molar-refractivity contribution in [1.29, 1.82) is 0 Å². The Kier molecular flexibility index (Phi) is 5.62. The Balaban J connectivity index is 2.42. The van der Waals surface area contributed by atoms with Gasteiger partial charge in [-0.1, -0.05) is 12.1 Å². The number of carbonyl (C=O) groups excluding carboxylic acids is 2. The van der Waals surface area contributed by atoms with E-state index in [1.807, 2.05) is 6.07 Å². The summed E-state index contributed by atoms with van der Waals surface area (Å²) in [6.07, 6.45) is 0.799. The Labute approximate surface area is 135 Å². The van der Waals surface area contributed by atoms with Crippen molar-refractivity contribution in [2.75, 3.05) is 20.3 Å². The minimum absolute atomic E-state index is 0.234. The molecule has 124 valence electrons. The van der Waals surface area contributed by atoms with E-state index in [0.717, 1.165) is 0 Å². The minimum Gasteiger partial charge on any atom is -0.493 e. The Bertz CT molecular complexity index is 620. The second-order valence-corrected chi connectivity index (χ2v) is 4.82. The summed E-state index contributed by atoms with van der Waals surface area (Å²) in [7, 11) is 1.52. The van der Waals surface area contributed by atoms with Gasteiger partial charge in [0, 0.05) is 18.1 Å². The van der Waals surface area contributed by atoms with E-state index in [1.54, 1.807) is 26.0 Å². The topological polar surface area (TPSA) is 71.1 Å². The molecule has 1 atom stereocenters. The number of hydrogen-bond donors (Lipinski definition) is 0. The highest BCUT2D eigenvalue weighted by Crippen LogP contribution is 2.42. The Hall–Kier alpha value is -2.50. The number of fused-ring (bicyclic) bond motifs is 1. The number of hydrogen-bond acceptors (Lipinski definition) is 6. The van der Waals surface area contributed by atoms with Gasteiger partial charge in [-0.05, 0) is 25.5 Å². The Morgan fingerprint density at radius 2 is 2.00 bits per heavy atom. The molecule has 0 bridgehead atoms. The van der Waals surface area contributed by atoms with Gasteiger partial charge in [-0.15, -0.1) is 0 Å². The van der Waals surface area contributed by atoms with Gasteiger partial charge in [0.15, 0.2) is 17.6 Å². The third kappa shape index (κ3) is 3.83. The Morgan fingerprint density at radius 1 is 1.26 bits per heavy atom. The fourth-order valence-electron chi connectivity index (χ4n) is 2.37. The normalized spacial score (nSPS) is 17.9. The second-order valence-electron chi connectivity index (χ2n) is 4.82. The maximum atomic E-state index is 12.0. The van der Waals surface area contributed by atoms with E-state index in [-0.39, 0.29) is 19.6 Å². The summed E-state index contributed by atoms with van der Waals surface area (Å²) < 4.78 is 21.0. The quantitative estimate of drug-likeness (QED) is 0.612. The van der Waals surface area contributed by atoms with Crippen LogP contribution in [0.25, 0.3) is 5.57 Å². The van der Waals surface area contributed by atoms with Crippen molar-refractivity contribution in [3.8, 4) is 11.5 Å². The molecule has 0 amide bonds. The van der Waals surface area contributed by atoms with Crippen LogP contribution in [-0.2, 0) is 19.1 Å². The predicted molar refractivity (Wildman–Crippen MR) is 83.3 cm³/mol. The summed E-state index contributed by atoms with van der Waals surface area (Å²) in [5, 5.41) is 0. The first-order chi connectivity index (χ1) is 11.1. The molecule has 0 saturated carbocycles. The first-order valence-corrected chi connectivity index (χ1v) is 7.48. The lowest BCUT2D eigenvalue weighted by atomic mass is 9.95. The van der Waals surface area contributed by atoms with E-state index in [9.17, 15) is 9.59 Å². The van der Waals surface area contributed by atoms with Crippen molar-refractivity contribution in [3.63, 3.8) is 0 Å². The molecule has 2 rings (SSSR count). The van der Waals surface area contributed by atoms with Crippen LogP contribution in [0.5, 0.6) is 11.5 Å². The highest BCUT2D eigenvalue weighted by molar-refractivity contribution is 5.94. The molecule has 23 heavy (non-hydrogen) atoms. The third-order valence-corrected chi connectivity index (χ3v) is 3.34. The Morgan fingerprint density at radius 3 is 2.65 bits per heavy atom. The number of ether oxygens (including phenoxy) is 4. The summed E-state index contributed by atoms with van der Waals surface area (Å²) in [6.45, 7) is 4.00. The van der Waals surface area contributed by atoms with Crippen LogP contribution in [0.4, 0.5) is 0 Å². The fraction of sp³-hybridized carbons (Fsp3) is 0.412. The first kappa shape index (κ1) is 16.9. The number of rotatable bonds is 5. The zero-order valence-corrected chi connectivity index (χ0v) is 13.5. The second kappa shape index (κ2) is 7.67. The molecule has 1 aliphatic heterocycles. The zero-order chi connectivity index (χ0) is 16.8. The molecular weight excluding hydrogens is 300 g/mol. The van der Waals surface area contributed by atoms with Crippen molar-refractivity contribution < 1.29 is 28.5 Å². The van der Waals surface area contributed by atoms with Crippen molar-refractivity contribution in [3.05, 3.63) is 29.8 Å². The lowest BCUT2D eigenvalue weighted by molar-refractivity contribution is -0.151. The molecule has 0 radical (unpaired) electrons. The van der Waals surface area contributed by atoms with E-state index >= 15 is 0 Å². The maximum Gasteiger partial charge on any atom is 0.347 e. The summed E-state index contributed by atoms with van der Waals surface area (Å²) in [6, 6.07) is 5.34. The zero-order valence-electron chi connectivity index (χ0n) is 13.5. The number of para-hydroxylation sites is 1. The van der Waals surface area contributed by atoms with Crippen LogP contribution in [0.3, 0.4) is 0 Å². The molecular formula is C17H20O6. The minimum atomic E-state index is -0.820. The number of methoxy groups -OCH3 is 1. The molecule has 0 spiro atoms. The maximum absolute atomic E-state index is 12.0. The van der Waals surface area contributed by atoms with E-state index in [4.69, 9.17) is 18.9 Å². The molecule has 0 aliphatic carbocycles. The van der Waals surface area contributed by atoms with Crippen LogP contribution >= 0.6 is 0 Å². The van der Waals surface area contributed by atoms with E-state index in [0.29, 0.717) is 22.6 Å². The molecule has 6 heteroatoms. The summed E-state index contributed by atoms with van der Waals surface area (Å²) in [4.78, 5) is 23.8. The van der Waals surface area contributed by atoms with Gasteiger partial charge in [0.1, 0.15) is 0 Å². The lowest BCUT2D eigenvalue weighted by Gasteiger charge is -2.27. The van der Waals surface area contributed by atoms with Crippen molar-refractivity contribution in [1.82, 2.24) is 0 Å². The largest absolute Gasteiger partial charge is 0.493 e. The molecule has 6 nitrogen and oxygen atoms in total. The predicted octanol–water partition coefficient (Wildman–Crippen LogP) is 2.36. The molecule has 0 N–H and O–H groups in total.